The fourth-order valence-electron chi connectivity index (χ4n) is 8.64. The van der Waals surface area contributed by atoms with Gasteiger partial charge in [-0.15, -0.1) is 0 Å². The molecule has 0 aromatic rings. The first kappa shape index (κ1) is 24.0. The van der Waals surface area contributed by atoms with Gasteiger partial charge in [0.2, 0.25) is 0 Å². The third kappa shape index (κ3) is 2.91. The summed E-state index contributed by atoms with van der Waals surface area (Å²) in [6.45, 7) is 7.32. The second-order valence-corrected chi connectivity index (χ2v) is 12.1. The van der Waals surface area contributed by atoms with Gasteiger partial charge in [-0.3, -0.25) is 4.79 Å². The molecule has 0 unspecified atom stereocenters. The van der Waals surface area contributed by atoms with Crippen LogP contribution in [0.3, 0.4) is 0 Å². The molecule has 2 saturated carbocycles. The number of rotatable bonds is 3. The summed E-state index contributed by atoms with van der Waals surface area (Å²) < 4.78 is 5.65. The summed E-state index contributed by atoms with van der Waals surface area (Å²) in [7, 11) is 0. The molecule has 6 heteroatoms. The maximum atomic E-state index is 13.1. The highest BCUT2D eigenvalue weighted by atomic mass is 16.6. The Balaban J connectivity index is 1.47. The van der Waals surface area contributed by atoms with Crippen molar-refractivity contribution < 1.29 is 29.6 Å². The summed E-state index contributed by atoms with van der Waals surface area (Å²) in [6.07, 6.45) is 9.77. The lowest BCUT2D eigenvalue weighted by atomic mass is 9.45. The van der Waals surface area contributed by atoms with Crippen LogP contribution < -0.4 is 0 Å². The van der Waals surface area contributed by atoms with E-state index in [-0.39, 0.29) is 35.7 Å². The van der Waals surface area contributed by atoms with Gasteiger partial charge in [-0.05, 0) is 83.1 Å². The Kier molecular flexibility index (Phi) is 5.37. The number of carbonyl (C=O) groups is 2. The van der Waals surface area contributed by atoms with E-state index in [1.165, 1.54) is 5.57 Å². The molecule has 0 amide bonds. The molecule has 1 aliphatic heterocycles. The minimum atomic E-state index is -1.33. The van der Waals surface area contributed by atoms with E-state index in [0.29, 0.717) is 25.7 Å². The van der Waals surface area contributed by atoms with Crippen LogP contribution >= 0.6 is 0 Å². The number of esters is 1. The molecule has 186 valence electrons. The fourth-order valence-corrected chi connectivity index (χ4v) is 8.64. The highest BCUT2D eigenvalue weighted by molar-refractivity contribution is 5.98. The number of ketones is 1. The van der Waals surface area contributed by atoms with Crippen molar-refractivity contribution in [2.45, 2.75) is 89.9 Å². The number of cyclic esters (lactones) is 1. The van der Waals surface area contributed by atoms with E-state index in [1.54, 1.807) is 19.9 Å². The molecule has 2 fully saturated rings. The lowest BCUT2D eigenvalue weighted by Gasteiger charge is -2.61. The Morgan fingerprint density at radius 1 is 1.18 bits per heavy atom. The molecular weight excluding hydrogens is 432 g/mol. The average molecular weight is 471 g/mol. The van der Waals surface area contributed by atoms with E-state index in [2.05, 4.69) is 19.9 Å². The van der Waals surface area contributed by atoms with E-state index in [4.69, 9.17) is 4.74 Å². The average Bonchev–Trinajstić information content (AvgIpc) is 3.06. The van der Waals surface area contributed by atoms with Gasteiger partial charge in [0, 0.05) is 11.8 Å². The van der Waals surface area contributed by atoms with E-state index < -0.39 is 34.1 Å². The van der Waals surface area contributed by atoms with E-state index >= 15 is 0 Å². The van der Waals surface area contributed by atoms with Gasteiger partial charge in [0.05, 0.1) is 23.2 Å². The molecule has 0 aromatic carbocycles. The second-order valence-electron chi connectivity index (χ2n) is 12.1. The quantitative estimate of drug-likeness (QED) is 0.431. The van der Waals surface area contributed by atoms with Crippen LogP contribution in [0.1, 0.15) is 72.6 Å². The molecule has 0 saturated heterocycles. The number of allylic oxidation sites excluding steroid dienone is 4. The van der Waals surface area contributed by atoms with Crippen LogP contribution in [0.4, 0.5) is 0 Å². The molecule has 8 atom stereocenters. The topological polar surface area (TPSA) is 104 Å². The third-order valence-electron chi connectivity index (χ3n) is 10.8. The molecule has 0 spiro atoms. The predicted molar refractivity (Wildman–Crippen MR) is 126 cm³/mol. The zero-order valence-corrected chi connectivity index (χ0v) is 20.8. The summed E-state index contributed by atoms with van der Waals surface area (Å²) in [5.41, 5.74) is -1.25. The fraction of sp³-hybridized carbons (Fsp3) is 0.714. The standard InChI is InChI=1S/C28H38O6/c1-16-14-23(34-24(31)18(16)15-29)27(4,32)21-11-13-28(33)20-9-8-17-6-5-7-22(30)26(17,3)19(20)10-12-25(21,28)2/h5,7-8,19-21,23,29,32-33H,6,9-15H2,1-4H3/t19-,20+,21-,23-,25+,26-,27+,28+/m0/s1. The van der Waals surface area contributed by atoms with Gasteiger partial charge < -0.3 is 20.1 Å². The Bertz CT molecular complexity index is 1020. The molecule has 1 heterocycles. The summed E-state index contributed by atoms with van der Waals surface area (Å²) in [5, 5.41) is 33.7. The zero-order valence-electron chi connectivity index (χ0n) is 20.8. The summed E-state index contributed by atoms with van der Waals surface area (Å²) in [4.78, 5) is 25.6. The first-order valence-electron chi connectivity index (χ1n) is 12.8. The van der Waals surface area contributed by atoms with Crippen molar-refractivity contribution in [2.24, 2.45) is 28.6 Å². The number of hydrogen-bond acceptors (Lipinski definition) is 6. The largest absolute Gasteiger partial charge is 0.456 e. The number of carbonyl (C=O) groups excluding carboxylic acids is 2. The molecule has 6 nitrogen and oxygen atoms in total. The van der Waals surface area contributed by atoms with Crippen LogP contribution in [-0.4, -0.2) is 51.0 Å². The molecule has 0 bridgehead atoms. The summed E-state index contributed by atoms with van der Waals surface area (Å²) in [5.74, 6) is -0.651. The van der Waals surface area contributed by atoms with Crippen molar-refractivity contribution in [3.63, 3.8) is 0 Å². The van der Waals surface area contributed by atoms with Crippen LogP contribution in [0, 0.1) is 28.6 Å². The Morgan fingerprint density at radius 3 is 2.59 bits per heavy atom. The van der Waals surface area contributed by atoms with Crippen LogP contribution in [-0.2, 0) is 14.3 Å². The highest BCUT2D eigenvalue weighted by Gasteiger charge is 2.70. The number of aliphatic hydroxyl groups excluding tert-OH is 1. The van der Waals surface area contributed by atoms with Gasteiger partial charge in [-0.25, -0.2) is 4.79 Å². The van der Waals surface area contributed by atoms with Crippen molar-refractivity contribution in [1.29, 1.82) is 0 Å². The highest BCUT2D eigenvalue weighted by Crippen LogP contribution is 2.68. The summed E-state index contributed by atoms with van der Waals surface area (Å²) >= 11 is 0. The van der Waals surface area contributed by atoms with Crippen LogP contribution in [0.2, 0.25) is 0 Å². The molecule has 3 N–H and O–H groups in total. The van der Waals surface area contributed by atoms with Crippen molar-refractivity contribution >= 4 is 11.8 Å². The Hall–Kier alpha value is -1.76. The normalized spacial score (nSPS) is 45.7. The maximum Gasteiger partial charge on any atom is 0.336 e. The van der Waals surface area contributed by atoms with Crippen molar-refractivity contribution in [1.82, 2.24) is 0 Å². The molecule has 0 aromatic heterocycles. The third-order valence-corrected chi connectivity index (χ3v) is 10.8. The van der Waals surface area contributed by atoms with Gasteiger partial charge in [-0.1, -0.05) is 30.2 Å². The van der Waals surface area contributed by atoms with Gasteiger partial charge in [-0.2, -0.15) is 0 Å². The number of hydrogen-bond donors (Lipinski definition) is 3. The molecule has 0 radical (unpaired) electrons. The minimum Gasteiger partial charge on any atom is -0.456 e. The number of aliphatic hydroxyl groups is 3. The van der Waals surface area contributed by atoms with Crippen LogP contribution in [0.25, 0.3) is 0 Å². The smallest absolute Gasteiger partial charge is 0.336 e. The molecule has 5 aliphatic rings. The minimum absolute atomic E-state index is 0.0484. The second kappa shape index (κ2) is 7.62. The Morgan fingerprint density at radius 2 is 1.91 bits per heavy atom. The maximum absolute atomic E-state index is 13.1. The number of ether oxygens (including phenoxy) is 1. The molecule has 5 rings (SSSR count). The Labute approximate surface area is 201 Å². The first-order valence-corrected chi connectivity index (χ1v) is 12.8. The monoisotopic (exact) mass is 470 g/mol. The van der Waals surface area contributed by atoms with E-state index in [9.17, 15) is 24.9 Å². The first-order chi connectivity index (χ1) is 15.9. The van der Waals surface area contributed by atoms with Gasteiger partial charge in [0.1, 0.15) is 11.7 Å². The number of fused-ring (bicyclic) bond motifs is 5. The van der Waals surface area contributed by atoms with E-state index in [0.717, 1.165) is 24.8 Å². The van der Waals surface area contributed by atoms with Gasteiger partial charge >= 0.3 is 5.97 Å². The lowest BCUT2D eigenvalue weighted by Crippen LogP contribution is -2.64. The molecule has 34 heavy (non-hydrogen) atoms. The van der Waals surface area contributed by atoms with Crippen molar-refractivity contribution in [2.75, 3.05) is 6.61 Å². The molecular formula is C28H38O6. The SMILES string of the molecule is CC1=C(CO)C(=O)O[C@H]([C@](C)(O)[C@H]2CC[C@@]3(O)[C@@H]4CC=C5CC=CC(=O)[C@]5(C)[C@H]4CC[C@]23C)C1. The van der Waals surface area contributed by atoms with Gasteiger partial charge in [0.25, 0.3) is 0 Å². The summed E-state index contributed by atoms with van der Waals surface area (Å²) in [6, 6.07) is 0. The van der Waals surface area contributed by atoms with Crippen molar-refractivity contribution in [3.8, 4) is 0 Å². The van der Waals surface area contributed by atoms with Crippen molar-refractivity contribution in [3.05, 3.63) is 34.9 Å². The zero-order chi connectivity index (χ0) is 24.7. The predicted octanol–water partition coefficient (Wildman–Crippen LogP) is 3.40. The van der Waals surface area contributed by atoms with Gasteiger partial charge in [0.15, 0.2) is 5.78 Å². The molecule has 4 aliphatic carbocycles. The van der Waals surface area contributed by atoms with Crippen LogP contribution in [0.15, 0.2) is 34.9 Å². The van der Waals surface area contributed by atoms with E-state index in [1.807, 2.05) is 6.08 Å². The van der Waals surface area contributed by atoms with Crippen LogP contribution in [0.5, 0.6) is 0 Å². The lowest BCUT2D eigenvalue weighted by molar-refractivity contribution is -0.214.